The molecule has 1 aromatic rings. The van der Waals surface area contributed by atoms with Crippen molar-refractivity contribution in [2.75, 3.05) is 13.7 Å². The van der Waals surface area contributed by atoms with Gasteiger partial charge in [0.05, 0.1) is 6.61 Å². The molecule has 2 rings (SSSR count). The van der Waals surface area contributed by atoms with Gasteiger partial charge in [-0.2, -0.15) is 0 Å². The molecule has 20 heavy (non-hydrogen) atoms. The first-order valence-corrected chi connectivity index (χ1v) is 7.22. The predicted molar refractivity (Wildman–Crippen MR) is 79.0 cm³/mol. The molecule has 0 bridgehead atoms. The van der Waals surface area contributed by atoms with Crippen LogP contribution < -0.4 is 4.74 Å². The van der Waals surface area contributed by atoms with Crippen molar-refractivity contribution >= 4 is 39.1 Å². The van der Waals surface area contributed by atoms with Crippen LogP contribution in [-0.2, 0) is 37.5 Å². The van der Waals surface area contributed by atoms with Gasteiger partial charge in [0.25, 0.3) is 0 Å². The van der Waals surface area contributed by atoms with Crippen molar-refractivity contribution in [2.45, 2.75) is 18.7 Å². The molecular formula is C14H14BrClNO2Y-. The van der Waals surface area contributed by atoms with Crippen molar-refractivity contribution < 1.29 is 42.2 Å². The second-order valence-corrected chi connectivity index (χ2v) is 5.55. The number of rotatable bonds is 3. The van der Waals surface area contributed by atoms with Crippen LogP contribution in [0.15, 0.2) is 22.7 Å². The molecule has 1 amide bonds. The van der Waals surface area contributed by atoms with E-state index in [2.05, 4.69) is 22.0 Å². The number of alkyl halides is 1. The monoisotopic (exact) mass is 431 g/mol. The third-order valence-electron chi connectivity index (χ3n) is 2.89. The van der Waals surface area contributed by atoms with Crippen molar-refractivity contribution in [1.82, 2.24) is 4.90 Å². The van der Waals surface area contributed by atoms with Gasteiger partial charge >= 0.3 is 0 Å². The average molecular weight is 433 g/mol. The van der Waals surface area contributed by atoms with E-state index in [4.69, 9.17) is 16.3 Å². The van der Waals surface area contributed by atoms with Gasteiger partial charge in [0.2, 0.25) is 5.91 Å². The second kappa shape index (κ2) is 7.93. The number of hydrogen-bond donors (Lipinski definition) is 0. The minimum Gasteiger partial charge on any atom is -0.494 e. The zero-order valence-corrected chi connectivity index (χ0v) is 16.5. The second-order valence-electron chi connectivity index (χ2n) is 4.17. The van der Waals surface area contributed by atoms with Crippen LogP contribution in [0.2, 0.25) is 0 Å². The van der Waals surface area contributed by atoms with E-state index in [0.717, 1.165) is 21.5 Å². The van der Waals surface area contributed by atoms with E-state index >= 15 is 0 Å². The fourth-order valence-corrected chi connectivity index (χ4v) is 2.70. The van der Waals surface area contributed by atoms with Crippen molar-refractivity contribution in [1.29, 1.82) is 0 Å². The Morgan fingerprint density at radius 3 is 2.85 bits per heavy atom. The molecule has 1 unspecified atom stereocenters. The topological polar surface area (TPSA) is 29.5 Å². The summed E-state index contributed by atoms with van der Waals surface area (Å²) in [5.41, 5.74) is 1.65. The normalized spacial score (nSPS) is 18.4. The number of carbonyl (C=O) groups is 1. The molecule has 0 saturated carbocycles. The van der Waals surface area contributed by atoms with Gasteiger partial charge < -0.3 is 9.64 Å². The third kappa shape index (κ3) is 3.85. The molecule has 1 heterocycles. The quantitative estimate of drug-likeness (QED) is 0.541. The summed E-state index contributed by atoms with van der Waals surface area (Å²) in [7, 11) is 1.71. The first-order chi connectivity index (χ1) is 9.04. The molecule has 3 nitrogen and oxygen atoms in total. The summed E-state index contributed by atoms with van der Waals surface area (Å²) in [5, 5.41) is -0.518. The molecule has 0 aromatic heterocycles. The Bertz CT molecular complexity index is 536. The largest absolute Gasteiger partial charge is 0.494 e. The van der Waals surface area contributed by atoms with Crippen LogP contribution in [-0.4, -0.2) is 29.8 Å². The number of benzene rings is 1. The van der Waals surface area contributed by atoms with Crippen LogP contribution in [0.25, 0.3) is 5.70 Å². The molecule has 0 saturated heterocycles. The van der Waals surface area contributed by atoms with Crippen LogP contribution in [0, 0.1) is 6.08 Å². The van der Waals surface area contributed by atoms with Crippen molar-refractivity contribution in [3.05, 3.63) is 34.3 Å². The maximum Gasteiger partial charge on any atom is 0.240 e. The van der Waals surface area contributed by atoms with E-state index in [1.165, 1.54) is 0 Å². The van der Waals surface area contributed by atoms with Gasteiger partial charge in [-0.25, -0.2) is 6.08 Å². The number of halogens is 2. The van der Waals surface area contributed by atoms with Gasteiger partial charge in [0.15, 0.2) is 0 Å². The van der Waals surface area contributed by atoms with E-state index < -0.39 is 5.38 Å². The zero-order valence-electron chi connectivity index (χ0n) is 11.3. The van der Waals surface area contributed by atoms with Crippen LogP contribution >= 0.6 is 27.5 Å². The van der Waals surface area contributed by atoms with Gasteiger partial charge in [0.1, 0.15) is 11.1 Å². The summed E-state index contributed by atoms with van der Waals surface area (Å²) in [4.78, 5) is 13.4. The summed E-state index contributed by atoms with van der Waals surface area (Å²) >= 11 is 9.43. The van der Waals surface area contributed by atoms with E-state index in [1.54, 1.807) is 11.9 Å². The molecule has 0 fully saturated rings. The molecule has 1 aliphatic rings. The molecular weight excluding hydrogens is 418 g/mol. The van der Waals surface area contributed by atoms with Gasteiger partial charge in [0, 0.05) is 39.8 Å². The summed E-state index contributed by atoms with van der Waals surface area (Å²) in [6, 6.07) is 5.68. The van der Waals surface area contributed by atoms with E-state index in [-0.39, 0.29) is 38.6 Å². The van der Waals surface area contributed by atoms with Crippen LogP contribution in [0.3, 0.4) is 0 Å². The maximum atomic E-state index is 11.9. The standard InChI is InChI=1S/C14H14BrClNO2.Y/c1-3-19-9-4-5-10(11(15)8-9)13-7-6-12(16)14(18)17(13)2;/h4-5,8,12H,3,6H2,1-2H3;/q-1;. The number of nitrogens with zero attached hydrogens (tertiary/aromatic N) is 1. The molecule has 0 N–H and O–H groups in total. The number of carbonyl (C=O) groups excluding carboxylic acids is 1. The Balaban J connectivity index is 0.00000200. The van der Waals surface area contributed by atoms with Crippen LogP contribution in [0.1, 0.15) is 18.9 Å². The van der Waals surface area contributed by atoms with Crippen LogP contribution in [0.4, 0.5) is 0 Å². The SMILES string of the molecule is CCOc1ccc(C2=[C-]CC(Cl)C(=O)N2C)c(Br)c1.[Y]. The number of allylic oxidation sites excluding steroid dienone is 1. The number of amides is 1. The first kappa shape index (κ1) is 18.2. The smallest absolute Gasteiger partial charge is 0.240 e. The van der Waals surface area contributed by atoms with Crippen molar-refractivity contribution in [3.8, 4) is 5.75 Å². The van der Waals surface area contributed by atoms with Crippen molar-refractivity contribution in [3.63, 3.8) is 0 Å². The fraction of sp³-hybridized carbons (Fsp3) is 0.357. The maximum absolute atomic E-state index is 11.9. The molecule has 0 aliphatic carbocycles. The predicted octanol–water partition coefficient (Wildman–Crippen LogP) is 3.46. The Labute approximate surface area is 157 Å². The Morgan fingerprint density at radius 1 is 1.55 bits per heavy atom. The Hall–Kier alpha value is 0.104. The fourth-order valence-electron chi connectivity index (χ4n) is 1.93. The summed E-state index contributed by atoms with van der Waals surface area (Å²) in [5.74, 6) is 0.690. The van der Waals surface area contributed by atoms with E-state index in [1.807, 2.05) is 25.1 Å². The summed E-state index contributed by atoms with van der Waals surface area (Å²) in [6.45, 7) is 2.55. The average Bonchev–Trinajstić information content (AvgIpc) is 2.38. The van der Waals surface area contributed by atoms with Gasteiger partial charge in [-0.1, -0.05) is 26.8 Å². The Morgan fingerprint density at radius 2 is 2.25 bits per heavy atom. The van der Waals surface area contributed by atoms with E-state index in [0.29, 0.717) is 13.0 Å². The number of ether oxygens (including phenoxy) is 1. The van der Waals surface area contributed by atoms with Crippen LogP contribution in [0.5, 0.6) is 5.75 Å². The Kier molecular flexibility index (Phi) is 7.20. The summed E-state index contributed by atoms with van der Waals surface area (Å²) < 4.78 is 6.30. The van der Waals surface area contributed by atoms with Gasteiger partial charge in [-0.3, -0.25) is 4.79 Å². The summed E-state index contributed by atoms with van der Waals surface area (Å²) in [6.07, 6.45) is 3.61. The van der Waals surface area contributed by atoms with Gasteiger partial charge in [-0.05, 0) is 19.1 Å². The number of hydrogen-bond acceptors (Lipinski definition) is 2. The third-order valence-corrected chi connectivity index (χ3v) is 3.89. The minimum absolute atomic E-state index is 0. The first-order valence-electron chi connectivity index (χ1n) is 5.99. The minimum atomic E-state index is -0.518. The molecule has 1 radical (unpaired) electrons. The molecule has 1 aromatic carbocycles. The molecule has 1 atom stereocenters. The molecule has 0 spiro atoms. The molecule has 105 valence electrons. The zero-order chi connectivity index (χ0) is 14.0. The molecule has 1 aliphatic heterocycles. The van der Waals surface area contributed by atoms with Gasteiger partial charge in [-0.15, -0.1) is 28.9 Å². The van der Waals surface area contributed by atoms with Crippen molar-refractivity contribution in [2.24, 2.45) is 0 Å². The van der Waals surface area contributed by atoms with E-state index in [9.17, 15) is 4.79 Å². The molecule has 6 heteroatoms.